The molecule has 1 spiro atoms. The van der Waals surface area contributed by atoms with Crippen LogP contribution in [0.4, 0.5) is 23.2 Å². The molecule has 4 aliphatic rings. The quantitative estimate of drug-likeness (QED) is 0.189. The Labute approximate surface area is 259 Å². The number of rotatable bonds is 8. The zero-order valence-corrected chi connectivity index (χ0v) is 24.9. The summed E-state index contributed by atoms with van der Waals surface area (Å²) in [5, 5.41) is 17.6. The van der Waals surface area contributed by atoms with Gasteiger partial charge in [0.1, 0.15) is 23.0 Å². The van der Waals surface area contributed by atoms with E-state index < -0.39 is 18.1 Å². The molecule has 2 N–H and O–H groups in total. The highest BCUT2D eigenvalue weighted by molar-refractivity contribution is 7.13. The summed E-state index contributed by atoms with van der Waals surface area (Å²) >= 11 is 1.08. The number of alkyl halides is 3. The van der Waals surface area contributed by atoms with Gasteiger partial charge in [-0.05, 0) is 92.6 Å². The van der Waals surface area contributed by atoms with Gasteiger partial charge in [-0.2, -0.15) is 4.37 Å². The number of para-hydroxylation sites is 1. The molecule has 2 aliphatic carbocycles. The third-order valence-corrected chi connectivity index (χ3v) is 10.8. The highest BCUT2D eigenvalue weighted by atomic mass is 32.1. The summed E-state index contributed by atoms with van der Waals surface area (Å²) in [4.78, 5) is 13.7. The zero-order chi connectivity index (χ0) is 31.1. The molecule has 2 aliphatic heterocycles. The van der Waals surface area contributed by atoms with Gasteiger partial charge < -0.3 is 24.6 Å². The van der Waals surface area contributed by atoms with E-state index in [0.29, 0.717) is 28.0 Å². The molecular weight excluding hydrogens is 612 g/mol. The molecule has 0 amide bonds. The molecule has 45 heavy (non-hydrogen) atoms. The standard InChI is InChI=1S/C32H30F4N4O4S/c33-23-9-21-26(45-39-28(21)30(41)42)10-24(23)40-18-7-8-19(40)14-31(13-18)11-17(12-31)37-15-22-27(38-44-29(22)16-5-6-16)20-3-1-2-4-25(20)43-32(34,35)36/h1-4,9-10,16-19,37H,5-8,11-15H2,(H,41,42). The van der Waals surface area contributed by atoms with E-state index in [9.17, 15) is 23.1 Å². The van der Waals surface area contributed by atoms with Crippen molar-refractivity contribution in [2.24, 2.45) is 5.41 Å². The number of halogens is 4. The van der Waals surface area contributed by atoms with Crippen molar-refractivity contribution < 1.29 is 36.7 Å². The summed E-state index contributed by atoms with van der Waals surface area (Å²) in [6.07, 6.45) is 2.93. The van der Waals surface area contributed by atoms with Crippen LogP contribution in [0.3, 0.4) is 0 Å². The van der Waals surface area contributed by atoms with Gasteiger partial charge in [-0.3, -0.25) is 0 Å². The van der Waals surface area contributed by atoms with Crippen LogP contribution in [0.1, 0.15) is 79.1 Å². The normalized spacial score (nSPS) is 26.0. The molecule has 13 heteroatoms. The lowest BCUT2D eigenvalue weighted by Gasteiger charge is -2.56. The molecule has 4 aromatic rings. The van der Waals surface area contributed by atoms with Crippen molar-refractivity contribution in [3.05, 3.63) is 59.2 Å². The maximum absolute atomic E-state index is 15.4. The summed E-state index contributed by atoms with van der Waals surface area (Å²) in [6, 6.07) is 9.75. The second-order valence-corrected chi connectivity index (χ2v) is 13.8. The Morgan fingerprint density at radius 1 is 1.11 bits per heavy atom. The molecule has 236 valence electrons. The molecule has 0 radical (unpaired) electrons. The van der Waals surface area contributed by atoms with E-state index in [-0.39, 0.29) is 46.5 Å². The molecule has 2 unspecified atom stereocenters. The number of hydrogen-bond donors (Lipinski definition) is 2. The van der Waals surface area contributed by atoms with Crippen molar-refractivity contribution in [2.75, 3.05) is 4.90 Å². The number of nitrogens with one attached hydrogen (secondary N) is 1. The average Bonchev–Trinajstić information content (AvgIpc) is 3.50. The topological polar surface area (TPSA) is 101 Å². The monoisotopic (exact) mass is 642 g/mol. The highest BCUT2D eigenvalue weighted by Gasteiger charge is 2.54. The number of fused-ring (bicyclic) bond motifs is 3. The van der Waals surface area contributed by atoms with E-state index >= 15 is 4.39 Å². The van der Waals surface area contributed by atoms with Crippen molar-refractivity contribution in [3.8, 4) is 17.0 Å². The van der Waals surface area contributed by atoms with Crippen LogP contribution >= 0.6 is 11.5 Å². The Morgan fingerprint density at radius 2 is 1.84 bits per heavy atom. The Balaban J connectivity index is 0.964. The number of carboxylic acid groups (broad SMARTS) is 1. The Hall–Kier alpha value is -3.71. The van der Waals surface area contributed by atoms with E-state index in [1.54, 1.807) is 18.2 Å². The minimum Gasteiger partial charge on any atom is -0.476 e. The molecule has 8 rings (SSSR count). The third-order valence-electron chi connectivity index (χ3n) is 10.0. The van der Waals surface area contributed by atoms with Gasteiger partial charge in [-0.25, -0.2) is 9.18 Å². The average molecular weight is 643 g/mol. The van der Waals surface area contributed by atoms with Crippen LogP contribution in [0.5, 0.6) is 5.75 Å². The number of carbonyl (C=O) groups is 1. The smallest absolute Gasteiger partial charge is 0.476 e. The van der Waals surface area contributed by atoms with Crippen molar-refractivity contribution in [1.82, 2.24) is 14.8 Å². The number of anilines is 1. The number of aromatic carboxylic acids is 1. The molecule has 2 saturated carbocycles. The highest BCUT2D eigenvalue weighted by Crippen LogP contribution is 2.57. The van der Waals surface area contributed by atoms with Gasteiger partial charge in [-0.15, -0.1) is 13.2 Å². The van der Waals surface area contributed by atoms with E-state index in [0.717, 1.165) is 74.2 Å². The van der Waals surface area contributed by atoms with E-state index in [1.807, 2.05) is 0 Å². The van der Waals surface area contributed by atoms with Crippen LogP contribution in [0.25, 0.3) is 21.3 Å². The van der Waals surface area contributed by atoms with E-state index in [1.165, 1.54) is 18.2 Å². The Kier molecular flexibility index (Phi) is 6.65. The minimum absolute atomic E-state index is 0.115. The summed E-state index contributed by atoms with van der Waals surface area (Å²) in [5.41, 5.74) is 1.98. The first kappa shape index (κ1) is 28.7. The lowest BCUT2D eigenvalue weighted by molar-refractivity contribution is -0.274. The molecule has 4 heterocycles. The van der Waals surface area contributed by atoms with Gasteiger partial charge in [0.05, 0.1) is 10.4 Å². The Morgan fingerprint density at radius 3 is 2.53 bits per heavy atom. The number of nitrogens with zero attached hydrogens (tertiary/aromatic N) is 3. The fraction of sp³-hybridized carbons (Fsp3) is 0.469. The number of carboxylic acids is 1. The first-order chi connectivity index (χ1) is 21.6. The maximum Gasteiger partial charge on any atom is 0.573 e. The van der Waals surface area contributed by atoms with Crippen LogP contribution in [-0.2, 0) is 6.54 Å². The summed E-state index contributed by atoms with van der Waals surface area (Å²) in [6.45, 7) is 0.434. The predicted octanol–water partition coefficient (Wildman–Crippen LogP) is 7.63. The molecule has 2 bridgehead atoms. The lowest BCUT2D eigenvalue weighted by atomic mass is 9.58. The van der Waals surface area contributed by atoms with Crippen LogP contribution in [0, 0.1) is 11.2 Å². The summed E-state index contributed by atoms with van der Waals surface area (Å²) in [7, 11) is 0. The first-order valence-electron chi connectivity index (χ1n) is 15.2. The van der Waals surface area contributed by atoms with Gasteiger partial charge in [0.2, 0.25) is 0 Å². The van der Waals surface area contributed by atoms with Gasteiger partial charge in [-0.1, -0.05) is 17.3 Å². The molecular formula is C32H30F4N4O4S. The van der Waals surface area contributed by atoms with Gasteiger partial charge in [0, 0.05) is 47.1 Å². The second kappa shape index (κ2) is 10.4. The maximum atomic E-state index is 15.4. The number of piperidine rings is 1. The predicted molar refractivity (Wildman–Crippen MR) is 158 cm³/mol. The molecule has 2 aromatic heterocycles. The number of hydrogen-bond acceptors (Lipinski definition) is 8. The van der Waals surface area contributed by atoms with Gasteiger partial charge in [0.15, 0.2) is 5.69 Å². The third kappa shape index (κ3) is 5.13. The molecule has 2 saturated heterocycles. The van der Waals surface area contributed by atoms with E-state index in [2.05, 4.69) is 24.5 Å². The van der Waals surface area contributed by atoms with Crippen LogP contribution in [-0.4, -0.2) is 45.1 Å². The minimum atomic E-state index is -4.82. The molecule has 4 fully saturated rings. The Bertz CT molecular complexity index is 1780. The SMILES string of the molecule is O=C(O)c1nsc2cc(N3C4CCC3CC3(CC(NCc5c(-c6ccccc6OC(F)(F)F)noc5C5CC5)C3)C4)c(F)cc12. The number of aromatic nitrogens is 2. The van der Waals surface area contributed by atoms with E-state index in [4.69, 9.17) is 4.52 Å². The van der Waals surface area contributed by atoms with Gasteiger partial charge >= 0.3 is 12.3 Å². The van der Waals surface area contributed by atoms with Crippen molar-refractivity contribution in [2.45, 2.75) is 88.3 Å². The molecule has 2 aromatic carbocycles. The van der Waals surface area contributed by atoms with Crippen molar-refractivity contribution in [3.63, 3.8) is 0 Å². The number of ether oxygens (including phenoxy) is 1. The van der Waals surface area contributed by atoms with Crippen molar-refractivity contribution in [1.29, 1.82) is 0 Å². The fourth-order valence-corrected chi connectivity index (χ4v) is 8.88. The van der Waals surface area contributed by atoms with Crippen LogP contribution in [0.2, 0.25) is 0 Å². The number of benzene rings is 2. The van der Waals surface area contributed by atoms with Crippen molar-refractivity contribution >= 4 is 33.3 Å². The summed E-state index contributed by atoms with van der Waals surface area (Å²) < 4.78 is 69.5. The van der Waals surface area contributed by atoms with Gasteiger partial charge in [0.25, 0.3) is 0 Å². The largest absolute Gasteiger partial charge is 0.573 e. The summed E-state index contributed by atoms with van der Waals surface area (Å²) in [5.74, 6) is -0.919. The fourth-order valence-electron chi connectivity index (χ4n) is 8.09. The molecule has 2 atom stereocenters. The molecule has 8 nitrogen and oxygen atoms in total. The van der Waals surface area contributed by atoms with Crippen LogP contribution in [0.15, 0.2) is 40.9 Å². The zero-order valence-electron chi connectivity index (χ0n) is 24.1. The first-order valence-corrected chi connectivity index (χ1v) is 16.0. The van der Waals surface area contributed by atoms with Crippen LogP contribution < -0.4 is 15.0 Å². The second-order valence-electron chi connectivity index (χ2n) is 13.0. The lowest BCUT2D eigenvalue weighted by Crippen LogP contribution is -2.57.